The number of benzene rings is 1. The minimum Gasteiger partial charge on any atom is -0.490 e. The average Bonchev–Trinajstić information content (AvgIpc) is 3.43. The number of ether oxygens (including phenoxy) is 3. The van der Waals surface area contributed by atoms with E-state index < -0.39 is 0 Å². The van der Waals surface area contributed by atoms with Gasteiger partial charge in [-0.05, 0) is 58.8 Å². The number of halogens is 1. The van der Waals surface area contributed by atoms with E-state index in [1.54, 1.807) is 35.4 Å². The number of nitrogens with zero attached hydrogens (tertiary/aromatic N) is 2. The zero-order valence-corrected chi connectivity index (χ0v) is 21.7. The quantitative estimate of drug-likeness (QED) is 0.349. The molecule has 2 aliphatic rings. The molecule has 8 nitrogen and oxygen atoms in total. The van der Waals surface area contributed by atoms with Gasteiger partial charge in [-0.25, -0.2) is 0 Å². The van der Waals surface area contributed by atoms with Crippen molar-refractivity contribution < 1.29 is 28.2 Å². The van der Waals surface area contributed by atoms with Crippen molar-refractivity contribution in [2.24, 2.45) is 0 Å². The predicted octanol–water partition coefficient (Wildman–Crippen LogP) is 4.08. The molecule has 4 rings (SSSR count). The minimum atomic E-state index is -0.183. The van der Waals surface area contributed by atoms with Crippen LogP contribution in [0.5, 0.6) is 11.5 Å². The Kier molecular flexibility index (Phi) is 8.30. The molecule has 2 aliphatic heterocycles. The second-order valence-electron chi connectivity index (χ2n) is 7.39. The maximum Gasteiger partial charge on any atom is 0.266 e. The summed E-state index contributed by atoms with van der Waals surface area (Å²) in [6, 6.07) is 7.17. The zero-order chi connectivity index (χ0) is 24.1. The minimum absolute atomic E-state index is 0.108. The molecular formula is C23H23BrN2O6S2. The number of furan rings is 1. The molecule has 0 saturated carbocycles. The van der Waals surface area contributed by atoms with Crippen LogP contribution in [-0.2, 0) is 20.9 Å². The summed E-state index contributed by atoms with van der Waals surface area (Å²) in [5, 5.41) is 0. The van der Waals surface area contributed by atoms with Gasteiger partial charge in [0.2, 0.25) is 0 Å². The Morgan fingerprint density at radius 3 is 2.79 bits per heavy atom. The molecule has 2 fully saturated rings. The average molecular weight is 567 g/mol. The summed E-state index contributed by atoms with van der Waals surface area (Å²) in [7, 11) is 0. The molecule has 0 radical (unpaired) electrons. The molecule has 1 aromatic heterocycles. The normalized spacial score (nSPS) is 17.5. The molecule has 2 aromatic rings. The summed E-state index contributed by atoms with van der Waals surface area (Å²) in [5.41, 5.74) is 0.737. The number of amides is 2. The lowest BCUT2D eigenvalue weighted by Gasteiger charge is -2.27. The summed E-state index contributed by atoms with van der Waals surface area (Å²) in [6.07, 6.45) is 3.32. The maximum atomic E-state index is 12.9. The van der Waals surface area contributed by atoms with Gasteiger partial charge in [-0.2, -0.15) is 0 Å². The highest BCUT2D eigenvalue weighted by atomic mass is 79.9. The van der Waals surface area contributed by atoms with E-state index >= 15 is 0 Å². The summed E-state index contributed by atoms with van der Waals surface area (Å²) in [6.45, 7) is 4.62. The highest BCUT2D eigenvalue weighted by Gasteiger charge is 2.32. The van der Waals surface area contributed by atoms with E-state index in [1.807, 2.05) is 13.0 Å². The van der Waals surface area contributed by atoms with Gasteiger partial charge >= 0.3 is 0 Å². The number of morpholine rings is 1. The molecular weight excluding hydrogens is 544 g/mol. The lowest BCUT2D eigenvalue weighted by atomic mass is 10.2. The van der Waals surface area contributed by atoms with Crippen LogP contribution in [-0.4, -0.2) is 65.5 Å². The van der Waals surface area contributed by atoms with Crippen LogP contribution < -0.4 is 9.47 Å². The molecule has 0 N–H and O–H groups in total. The maximum absolute atomic E-state index is 12.9. The van der Waals surface area contributed by atoms with Crippen LogP contribution in [0, 0.1) is 0 Å². The largest absolute Gasteiger partial charge is 0.490 e. The van der Waals surface area contributed by atoms with Gasteiger partial charge in [0.05, 0.1) is 42.0 Å². The molecule has 3 heterocycles. The Morgan fingerprint density at radius 1 is 1.29 bits per heavy atom. The first kappa shape index (κ1) is 24.8. The van der Waals surface area contributed by atoms with Crippen molar-refractivity contribution in [2.45, 2.75) is 13.5 Å². The third kappa shape index (κ3) is 5.83. The van der Waals surface area contributed by atoms with Gasteiger partial charge in [0.15, 0.2) is 18.1 Å². The molecule has 180 valence electrons. The zero-order valence-electron chi connectivity index (χ0n) is 18.5. The van der Waals surface area contributed by atoms with Crippen LogP contribution in [0.15, 0.2) is 44.3 Å². The van der Waals surface area contributed by atoms with E-state index in [1.165, 1.54) is 16.7 Å². The number of thioether (sulfide) groups is 1. The lowest BCUT2D eigenvalue weighted by molar-refractivity contribution is -0.137. The summed E-state index contributed by atoms with van der Waals surface area (Å²) in [4.78, 5) is 29.1. The fourth-order valence-corrected chi connectivity index (χ4v) is 5.29. The Labute approximate surface area is 215 Å². The van der Waals surface area contributed by atoms with Gasteiger partial charge in [-0.15, -0.1) is 0 Å². The molecule has 1 aromatic carbocycles. The number of hydrogen-bond acceptors (Lipinski definition) is 8. The van der Waals surface area contributed by atoms with Crippen LogP contribution in [0.1, 0.15) is 18.2 Å². The van der Waals surface area contributed by atoms with Gasteiger partial charge in [0, 0.05) is 13.1 Å². The number of carbonyl (C=O) groups excluding carboxylic acids is 2. The van der Waals surface area contributed by atoms with Gasteiger partial charge in [-0.3, -0.25) is 14.5 Å². The van der Waals surface area contributed by atoms with E-state index in [2.05, 4.69) is 15.9 Å². The highest BCUT2D eigenvalue weighted by molar-refractivity contribution is 9.10. The first-order valence-electron chi connectivity index (χ1n) is 10.7. The first-order valence-corrected chi connectivity index (χ1v) is 12.7. The van der Waals surface area contributed by atoms with E-state index in [-0.39, 0.29) is 25.0 Å². The topological polar surface area (TPSA) is 81.4 Å². The molecule has 0 unspecified atom stereocenters. The van der Waals surface area contributed by atoms with Crippen molar-refractivity contribution in [3.8, 4) is 11.5 Å². The van der Waals surface area contributed by atoms with Crippen LogP contribution in [0.4, 0.5) is 0 Å². The van der Waals surface area contributed by atoms with Crippen LogP contribution in [0.25, 0.3) is 6.08 Å². The van der Waals surface area contributed by atoms with Crippen molar-refractivity contribution in [1.82, 2.24) is 9.80 Å². The van der Waals surface area contributed by atoms with Crippen molar-refractivity contribution >= 4 is 62.1 Å². The molecule has 11 heteroatoms. The fraction of sp³-hybridized carbons (Fsp3) is 0.348. The molecule has 0 bridgehead atoms. The summed E-state index contributed by atoms with van der Waals surface area (Å²) in [5.74, 6) is 1.28. The number of hydrogen-bond donors (Lipinski definition) is 0. The molecule has 0 aliphatic carbocycles. The van der Waals surface area contributed by atoms with E-state index in [0.29, 0.717) is 63.9 Å². The van der Waals surface area contributed by atoms with Gasteiger partial charge < -0.3 is 23.5 Å². The van der Waals surface area contributed by atoms with E-state index in [4.69, 9.17) is 30.8 Å². The lowest BCUT2D eigenvalue weighted by Crippen LogP contribution is -2.43. The van der Waals surface area contributed by atoms with Crippen LogP contribution in [0.2, 0.25) is 0 Å². The second-order valence-corrected chi connectivity index (χ2v) is 9.92. The van der Waals surface area contributed by atoms with E-state index in [9.17, 15) is 9.59 Å². The summed E-state index contributed by atoms with van der Waals surface area (Å²) >= 11 is 10.2. The van der Waals surface area contributed by atoms with Crippen molar-refractivity contribution in [1.29, 1.82) is 0 Å². The van der Waals surface area contributed by atoms with E-state index in [0.717, 1.165) is 5.56 Å². The second kappa shape index (κ2) is 11.4. The van der Waals surface area contributed by atoms with Gasteiger partial charge in [0.25, 0.3) is 11.8 Å². The predicted molar refractivity (Wildman–Crippen MR) is 136 cm³/mol. The SMILES string of the molecule is CCOc1cc(/C=C2\SC(=S)N(Cc3ccco3)C2=O)cc(Br)c1OCC(=O)N1CCOCC1. The van der Waals surface area contributed by atoms with Crippen LogP contribution >= 0.6 is 39.9 Å². The number of rotatable bonds is 8. The Balaban J connectivity index is 1.50. The number of thiocarbonyl (C=S) groups is 1. The van der Waals surface area contributed by atoms with Gasteiger partial charge in [0.1, 0.15) is 10.1 Å². The third-order valence-corrected chi connectivity index (χ3v) is 7.07. The standard InChI is InChI=1S/C23H23BrN2O6S2/c1-2-30-18-11-15(10-17(24)21(18)32-14-20(27)25-5-8-29-9-6-25)12-19-22(28)26(23(33)34-19)13-16-4-3-7-31-16/h3-4,7,10-12H,2,5-6,8-9,13-14H2,1H3/b19-12-. The molecule has 2 saturated heterocycles. The molecule has 2 amide bonds. The summed E-state index contributed by atoms with van der Waals surface area (Å²) < 4.78 is 23.3. The smallest absolute Gasteiger partial charge is 0.266 e. The third-order valence-electron chi connectivity index (χ3n) is 5.10. The first-order chi connectivity index (χ1) is 16.5. The Bertz CT molecular complexity index is 1100. The number of carbonyl (C=O) groups is 2. The van der Waals surface area contributed by atoms with Crippen LogP contribution in [0.3, 0.4) is 0 Å². The monoisotopic (exact) mass is 566 g/mol. The Hall–Kier alpha value is -2.34. The van der Waals surface area contributed by atoms with Crippen molar-refractivity contribution in [2.75, 3.05) is 39.5 Å². The Morgan fingerprint density at radius 2 is 2.09 bits per heavy atom. The van der Waals surface area contributed by atoms with Gasteiger partial charge in [-0.1, -0.05) is 24.0 Å². The molecule has 34 heavy (non-hydrogen) atoms. The molecule has 0 atom stereocenters. The highest BCUT2D eigenvalue weighted by Crippen LogP contribution is 2.39. The molecule has 0 spiro atoms. The van der Waals surface area contributed by atoms with Crippen molar-refractivity contribution in [3.63, 3.8) is 0 Å². The van der Waals surface area contributed by atoms with Crippen molar-refractivity contribution in [3.05, 3.63) is 51.2 Å². The fourth-order valence-electron chi connectivity index (χ4n) is 3.46.